The summed E-state index contributed by atoms with van der Waals surface area (Å²) in [6.45, 7) is 27.4. The predicted molar refractivity (Wildman–Crippen MR) is 256 cm³/mol. The minimum Gasteiger partial charge on any atom is -0.507 e. The van der Waals surface area contributed by atoms with E-state index in [9.17, 15) is 13.6 Å². The summed E-state index contributed by atoms with van der Waals surface area (Å²) in [5, 5.41) is 22.1. The number of para-hydroxylation sites is 2. The van der Waals surface area contributed by atoms with E-state index in [1.807, 2.05) is 59.0 Å². The van der Waals surface area contributed by atoms with Crippen LogP contribution >= 0.6 is 0 Å². The zero-order chi connectivity index (χ0) is 44.8. The van der Waals surface area contributed by atoms with Crippen LogP contribution in [-0.2, 0) is 26.9 Å². The molecule has 7 aromatic rings. The van der Waals surface area contributed by atoms with Gasteiger partial charge in [-0.25, -0.2) is 0 Å². The van der Waals surface area contributed by atoms with Crippen molar-refractivity contribution in [2.24, 2.45) is 0 Å². The molecule has 0 spiro atoms. The Morgan fingerprint density at radius 3 is 1.10 bits per heavy atom. The number of rotatable bonds is 6. The van der Waals surface area contributed by atoms with Crippen LogP contribution in [-0.4, -0.2) is 14.6 Å². The van der Waals surface area contributed by atoms with Gasteiger partial charge in [0, 0.05) is 22.3 Å². The fourth-order valence-corrected chi connectivity index (χ4v) is 10.2. The van der Waals surface area contributed by atoms with E-state index in [4.69, 9.17) is 0 Å². The minimum absolute atomic E-state index is 0.0202. The first-order valence-corrected chi connectivity index (χ1v) is 23.9. The molecular weight excluding hydrogens is 916 g/mol. The summed E-state index contributed by atoms with van der Waals surface area (Å²) in [5.74, 6) is 0.729. The van der Waals surface area contributed by atoms with Crippen LogP contribution in [0.25, 0.3) is 44.5 Å². The average Bonchev–Trinajstić information content (AvgIpc) is 3.17. The summed E-state index contributed by atoms with van der Waals surface area (Å²) >= 11 is -1.43. The Bertz CT molecular complexity index is 2600. The van der Waals surface area contributed by atoms with Gasteiger partial charge < -0.3 is 10.2 Å². The van der Waals surface area contributed by atoms with Gasteiger partial charge in [0.1, 0.15) is 11.5 Å². The van der Waals surface area contributed by atoms with E-state index < -0.39 is 18.1 Å². The minimum atomic E-state index is -1.43. The maximum atomic E-state index is 11.1. The van der Waals surface area contributed by atoms with Gasteiger partial charge in [0.05, 0.1) is 0 Å². The van der Waals surface area contributed by atoms with E-state index in [-0.39, 0.29) is 5.41 Å². The second kappa shape index (κ2) is 19.9. The van der Waals surface area contributed by atoms with Crippen LogP contribution in [0.4, 0.5) is 0 Å². The van der Waals surface area contributed by atoms with Gasteiger partial charge in [0.2, 0.25) is 0 Å². The summed E-state index contributed by atoms with van der Waals surface area (Å²) in [7, 11) is 0. The molecule has 4 heteroatoms. The van der Waals surface area contributed by atoms with Crippen molar-refractivity contribution in [3.05, 3.63) is 188 Å². The van der Waals surface area contributed by atoms with E-state index in [1.165, 1.54) is 66.8 Å². The Morgan fingerprint density at radius 2 is 0.738 bits per heavy atom. The fourth-order valence-electron chi connectivity index (χ4n) is 8.90. The molecule has 7 aromatic carbocycles. The monoisotopic (exact) mass is 978 g/mol. The van der Waals surface area contributed by atoms with Crippen molar-refractivity contribution >= 4 is 4.40 Å². The SMILES string of the molecule is CC(C)([CH]=[W]=[O])c1ccccc1.Cc1cc(C)c(-c2cccc(-c3c(C)cc(C)cc3C)c2O)c(C)c1.Cc1ccc(-c2cccc(-c3c(C)cc(C)cc3C)c2O)c(C)c1. The first kappa shape index (κ1) is 46.6. The summed E-state index contributed by atoms with van der Waals surface area (Å²) in [4.78, 5) is 0. The number of aryl methyl sites for hydroxylation is 11. The summed E-state index contributed by atoms with van der Waals surface area (Å²) in [5.41, 5.74) is 22.6. The smallest absolute Gasteiger partial charge is 0.131 e. The average molecular weight is 979 g/mol. The van der Waals surface area contributed by atoms with Crippen molar-refractivity contribution in [3.63, 3.8) is 0 Å². The molecule has 0 amide bonds. The van der Waals surface area contributed by atoms with E-state index in [2.05, 4.69) is 157 Å². The van der Waals surface area contributed by atoms with Crippen molar-refractivity contribution in [3.8, 4) is 56.0 Å². The van der Waals surface area contributed by atoms with Crippen LogP contribution in [0.5, 0.6) is 11.5 Å². The van der Waals surface area contributed by atoms with Crippen LogP contribution in [0.15, 0.2) is 121 Å². The molecule has 0 bridgehead atoms. The van der Waals surface area contributed by atoms with Crippen LogP contribution in [0.1, 0.15) is 80.6 Å². The van der Waals surface area contributed by atoms with E-state index in [1.54, 1.807) is 0 Å². The Balaban J connectivity index is 0.000000184. The van der Waals surface area contributed by atoms with Crippen molar-refractivity contribution in [1.29, 1.82) is 0 Å². The van der Waals surface area contributed by atoms with Crippen LogP contribution < -0.4 is 0 Å². The summed E-state index contributed by atoms with van der Waals surface area (Å²) in [6.07, 6.45) is 0. The maximum Gasteiger partial charge on any atom is 0.131 e. The zero-order valence-electron chi connectivity index (χ0n) is 38.3. The van der Waals surface area contributed by atoms with Crippen LogP contribution in [0, 0.1) is 76.2 Å². The number of phenols is 2. The Hall–Kier alpha value is -5.50. The Morgan fingerprint density at radius 1 is 0.393 bits per heavy atom. The molecule has 0 aromatic heterocycles. The number of aromatic hydroxyl groups is 2. The molecule has 0 unspecified atom stereocenters. The van der Waals surface area contributed by atoms with E-state index in [0.29, 0.717) is 11.5 Å². The largest absolute Gasteiger partial charge is 0.507 e. The van der Waals surface area contributed by atoms with Gasteiger partial charge >= 0.3 is 81.0 Å². The Labute approximate surface area is 373 Å². The predicted octanol–water partition coefficient (Wildman–Crippen LogP) is 15.0. The van der Waals surface area contributed by atoms with Gasteiger partial charge in [-0.05, 0) is 137 Å². The Kier molecular flexibility index (Phi) is 15.2. The third-order valence-electron chi connectivity index (χ3n) is 11.4. The van der Waals surface area contributed by atoms with Crippen molar-refractivity contribution in [2.75, 3.05) is 0 Å². The van der Waals surface area contributed by atoms with Crippen molar-refractivity contribution in [2.45, 2.75) is 95.4 Å². The van der Waals surface area contributed by atoms with Crippen molar-refractivity contribution in [1.82, 2.24) is 0 Å². The molecule has 0 saturated carbocycles. The van der Waals surface area contributed by atoms with E-state index in [0.717, 1.165) is 44.5 Å². The first-order chi connectivity index (χ1) is 28.8. The molecular formula is C57H62O3W. The van der Waals surface area contributed by atoms with Gasteiger partial charge in [-0.15, -0.1) is 0 Å². The molecule has 0 aliphatic carbocycles. The number of benzene rings is 7. The second-order valence-electron chi connectivity index (χ2n) is 17.3. The van der Waals surface area contributed by atoms with Crippen LogP contribution in [0.2, 0.25) is 0 Å². The molecule has 314 valence electrons. The first-order valence-electron chi connectivity index (χ1n) is 21.0. The van der Waals surface area contributed by atoms with Gasteiger partial charge in [0.25, 0.3) is 0 Å². The molecule has 0 atom stereocenters. The topological polar surface area (TPSA) is 57.5 Å². The normalized spacial score (nSPS) is 10.9. The zero-order valence-corrected chi connectivity index (χ0v) is 41.3. The molecule has 0 aliphatic heterocycles. The van der Waals surface area contributed by atoms with Gasteiger partial charge in [0.15, 0.2) is 0 Å². The summed E-state index contributed by atoms with van der Waals surface area (Å²) < 4.78 is 12.6. The van der Waals surface area contributed by atoms with Gasteiger partial charge in [-0.2, -0.15) is 0 Å². The molecule has 0 radical (unpaired) electrons. The molecule has 0 aliphatic rings. The molecule has 7 rings (SSSR count). The molecule has 0 fully saturated rings. The molecule has 61 heavy (non-hydrogen) atoms. The molecule has 0 saturated heterocycles. The van der Waals surface area contributed by atoms with Crippen molar-refractivity contribution < 1.29 is 31.7 Å². The second-order valence-corrected chi connectivity index (χ2v) is 18.9. The quantitative estimate of drug-likeness (QED) is 0.175. The van der Waals surface area contributed by atoms with E-state index >= 15 is 0 Å². The number of hydrogen-bond acceptors (Lipinski definition) is 3. The molecule has 0 heterocycles. The van der Waals surface area contributed by atoms with Crippen LogP contribution in [0.3, 0.4) is 0 Å². The molecule has 2 N–H and O–H groups in total. The third kappa shape index (κ3) is 10.9. The molecule has 3 nitrogen and oxygen atoms in total. The maximum absolute atomic E-state index is 11.1. The number of phenolic OH excluding ortho intramolecular Hbond substituents is 2. The number of hydrogen-bond donors (Lipinski definition) is 2. The summed E-state index contributed by atoms with van der Waals surface area (Å²) in [6, 6.07) is 41.7. The third-order valence-corrected chi connectivity index (χ3v) is 13.9. The van der Waals surface area contributed by atoms with Gasteiger partial charge in [-0.3, -0.25) is 0 Å². The van der Waals surface area contributed by atoms with Gasteiger partial charge in [-0.1, -0.05) is 113 Å². The fraction of sp³-hybridized carbons (Fsp3) is 0.246. The standard InChI is InChI=1S/C24H26O.C23H24O.C10H12.O.W/c1-14-10-16(3)22(17(4)11-14)20-8-7-9-21(24(20)25)23-18(5)12-15(2)13-19(23)6;1-14-9-10-19(16(3)11-14)20-7-6-8-21(23(20)24)22-17(4)12-15(2)13-18(22)5;1-10(2,3)9-7-5-4-6-8-9;;/h7-13,25H,1-6H3;6-13,24H,1-5H3;1,4-8H,2-3H3;;.